The molecule has 2 aliphatic rings. The van der Waals surface area contributed by atoms with Crippen molar-refractivity contribution in [3.63, 3.8) is 0 Å². The molecule has 0 aromatic heterocycles. The number of hydrogen-bond donors (Lipinski definition) is 0. The van der Waals surface area contributed by atoms with Crippen molar-refractivity contribution in [1.29, 1.82) is 0 Å². The molecule has 0 unspecified atom stereocenters. The quantitative estimate of drug-likeness (QED) is 0.632. The van der Waals surface area contributed by atoms with Gasteiger partial charge in [0.05, 0.1) is 15.5 Å². The zero-order valence-electron chi connectivity index (χ0n) is 17.7. The molecule has 0 radical (unpaired) electrons. The van der Waals surface area contributed by atoms with E-state index < -0.39 is 10.0 Å². The van der Waals surface area contributed by atoms with E-state index in [0.29, 0.717) is 37.1 Å². The fourth-order valence-electron chi connectivity index (χ4n) is 4.52. The number of hydrogen-bond acceptors (Lipinski definition) is 3. The molecule has 2 heterocycles. The first-order chi connectivity index (χ1) is 14.9. The number of rotatable bonds is 6. The largest absolute Gasteiger partial charge is 0.339 e. The molecule has 4 rings (SSSR count). The number of amides is 1. The van der Waals surface area contributed by atoms with Crippen LogP contribution in [0.3, 0.4) is 0 Å². The number of likely N-dealkylation sites (tertiary alicyclic amines) is 1. The van der Waals surface area contributed by atoms with Crippen molar-refractivity contribution in [1.82, 2.24) is 9.21 Å². The molecule has 7 heteroatoms. The van der Waals surface area contributed by atoms with Crippen molar-refractivity contribution in [2.75, 3.05) is 26.2 Å². The Kier molecular flexibility index (Phi) is 6.99. The second kappa shape index (κ2) is 9.72. The SMILES string of the molecule is O=C(c1cc(S(=O)(=O)N2CCCC2)ccc1Cl)N1CCC(CCc2ccccc2)CC1. The number of sulfonamides is 1. The number of aryl methyl sites for hydroxylation is 1. The van der Waals surface area contributed by atoms with Crippen LogP contribution in [-0.2, 0) is 16.4 Å². The van der Waals surface area contributed by atoms with E-state index in [2.05, 4.69) is 24.3 Å². The van der Waals surface area contributed by atoms with Crippen LogP contribution in [0.15, 0.2) is 53.4 Å². The first kappa shape index (κ1) is 22.3. The molecular formula is C24H29ClN2O3S. The topological polar surface area (TPSA) is 57.7 Å². The Morgan fingerprint density at radius 3 is 2.32 bits per heavy atom. The monoisotopic (exact) mass is 460 g/mol. The summed E-state index contributed by atoms with van der Waals surface area (Å²) in [6.45, 7) is 2.42. The van der Waals surface area contributed by atoms with Crippen molar-refractivity contribution in [2.45, 2.75) is 43.4 Å². The molecule has 5 nitrogen and oxygen atoms in total. The number of nitrogens with zero attached hydrogens (tertiary/aromatic N) is 2. The average Bonchev–Trinajstić information content (AvgIpc) is 3.34. The number of halogens is 1. The molecule has 2 aromatic carbocycles. The summed E-state index contributed by atoms with van der Waals surface area (Å²) in [5.41, 5.74) is 1.63. The zero-order chi connectivity index (χ0) is 21.8. The molecule has 1 amide bonds. The van der Waals surface area contributed by atoms with Gasteiger partial charge in [0.1, 0.15) is 0 Å². The minimum Gasteiger partial charge on any atom is -0.339 e. The smallest absolute Gasteiger partial charge is 0.255 e. The van der Waals surface area contributed by atoms with Gasteiger partial charge in [-0.2, -0.15) is 4.31 Å². The standard InChI is InChI=1S/C24H29ClN2O3S/c25-23-11-10-21(31(29,30)27-14-4-5-15-27)18-22(23)24(28)26-16-12-20(13-17-26)9-8-19-6-2-1-3-7-19/h1-3,6-7,10-11,18,20H,4-5,8-9,12-17H2. The number of benzene rings is 2. The predicted molar refractivity (Wildman–Crippen MR) is 123 cm³/mol. The molecule has 2 aliphatic heterocycles. The summed E-state index contributed by atoms with van der Waals surface area (Å²) in [6.07, 6.45) is 5.84. The fourth-order valence-corrected chi connectivity index (χ4v) is 6.26. The Balaban J connectivity index is 1.39. The molecule has 2 saturated heterocycles. The van der Waals surface area contributed by atoms with Crippen molar-refractivity contribution in [3.8, 4) is 0 Å². The van der Waals surface area contributed by atoms with Crippen LogP contribution < -0.4 is 0 Å². The second-order valence-electron chi connectivity index (χ2n) is 8.51. The van der Waals surface area contributed by atoms with Gasteiger partial charge in [-0.25, -0.2) is 8.42 Å². The highest BCUT2D eigenvalue weighted by Crippen LogP contribution is 2.28. The first-order valence-electron chi connectivity index (χ1n) is 11.1. The molecular weight excluding hydrogens is 432 g/mol. The summed E-state index contributed by atoms with van der Waals surface area (Å²) in [5, 5.41) is 0.302. The van der Waals surface area contributed by atoms with E-state index in [1.807, 2.05) is 11.0 Å². The lowest BCUT2D eigenvalue weighted by molar-refractivity contribution is 0.0687. The van der Waals surface area contributed by atoms with E-state index in [4.69, 9.17) is 11.6 Å². The molecule has 0 atom stereocenters. The van der Waals surface area contributed by atoms with Crippen LogP contribution >= 0.6 is 11.6 Å². The first-order valence-corrected chi connectivity index (χ1v) is 12.9. The van der Waals surface area contributed by atoms with Gasteiger partial charge in [0.25, 0.3) is 5.91 Å². The lowest BCUT2D eigenvalue weighted by Gasteiger charge is -2.32. The van der Waals surface area contributed by atoms with Gasteiger partial charge in [0.2, 0.25) is 10.0 Å². The fraction of sp³-hybridized carbons (Fsp3) is 0.458. The van der Waals surface area contributed by atoms with Crippen LogP contribution in [-0.4, -0.2) is 49.7 Å². The van der Waals surface area contributed by atoms with Crippen LogP contribution in [0.4, 0.5) is 0 Å². The molecule has 0 bridgehead atoms. The lowest BCUT2D eigenvalue weighted by atomic mass is 9.90. The summed E-state index contributed by atoms with van der Waals surface area (Å²) in [6, 6.07) is 15.0. The summed E-state index contributed by atoms with van der Waals surface area (Å²) in [4.78, 5) is 15.1. The van der Waals surface area contributed by atoms with Gasteiger partial charge in [0.15, 0.2) is 0 Å². The molecule has 166 valence electrons. The van der Waals surface area contributed by atoms with Crippen molar-refractivity contribution >= 4 is 27.5 Å². The lowest BCUT2D eigenvalue weighted by Crippen LogP contribution is -2.38. The van der Waals surface area contributed by atoms with Crippen molar-refractivity contribution in [3.05, 3.63) is 64.7 Å². The highest BCUT2D eigenvalue weighted by atomic mass is 35.5. The Morgan fingerprint density at radius 1 is 0.968 bits per heavy atom. The van der Waals surface area contributed by atoms with E-state index in [0.717, 1.165) is 38.5 Å². The third kappa shape index (κ3) is 5.13. The maximum absolute atomic E-state index is 13.1. The van der Waals surface area contributed by atoms with E-state index in [1.54, 1.807) is 0 Å². The average molecular weight is 461 g/mol. The summed E-state index contributed by atoms with van der Waals surface area (Å²) >= 11 is 6.31. The van der Waals surface area contributed by atoms with Gasteiger partial charge in [0, 0.05) is 26.2 Å². The minimum absolute atomic E-state index is 0.153. The molecule has 2 fully saturated rings. The number of piperidine rings is 1. The third-order valence-corrected chi connectivity index (χ3v) is 8.68. The molecule has 31 heavy (non-hydrogen) atoms. The molecule has 0 spiro atoms. The van der Waals surface area contributed by atoms with Gasteiger partial charge < -0.3 is 4.90 Å². The second-order valence-corrected chi connectivity index (χ2v) is 10.9. The third-order valence-electron chi connectivity index (χ3n) is 6.46. The highest BCUT2D eigenvalue weighted by Gasteiger charge is 2.30. The number of carbonyl (C=O) groups is 1. The zero-order valence-corrected chi connectivity index (χ0v) is 19.2. The molecule has 0 saturated carbocycles. The van der Waals surface area contributed by atoms with E-state index >= 15 is 0 Å². The van der Waals surface area contributed by atoms with Gasteiger partial charge in [-0.15, -0.1) is 0 Å². The minimum atomic E-state index is -3.58. The van der Waals surface area contributed by atoms with Crippen LogP contribution in [0.2, 0.25) is 5.02 Å². The number of carbonyl (C=O) groups excluding carboxylic acids is 1. The van der Waals surface area contributed by atoms with Crippen molar-refractivity contribution in [2.24, 2.45) is 5.92 Å². The summed E-state index contributed by atoms with van der Waals surface area (Å²) < 4.78 is 27.3. The van der Waals surface area contributed by atoms with Gasteiger partial charge >= 0.3 is 0 Å². The van der Waals surface area contributed by atoms with Gasteiger partial charge in [-0.3, -0.25) is 4.79 Å². The van der Waals surface area contributed by atoms with E-state index in [-0.39, 0.29) is 16.4 Å². The maximum Gasteiger partial charge on any atom is 0.255 e. The van der Waals surface area contributed by atoms with Crippen LogP contribution in [0.1, 0.15) is 48.0 Å². The predicted octanol–water partition coefficient (Wildman–Crippen LogP) is 4.61. The summed E-state index contributed by atoms with van der Waals surface area (Å²) in [5.74, 6) is 0.423. The Labute approximate surface area is 190 Å². The van der Waals surface area contributed by atoms with E-state index in [9.17, 15) is 13.2 Å². The highest BCUT2D eigenvalue weighted by molar-refractivity contribution is 7.89. The molecule has 2 aromatic rings. The van der Waals surface area contributed by atoms with Crippen molar-refractivity contribution < 1.29 is 13.2 Å². The Morgan fingerprint density at radius 2 is 1.65 bits per heavy atom. The van der Waals surface area contributed by atoms with Crippen LogP contribution in [0, 0.1) is 5.92 Å². The van der Waals surface area contributed by atoms with Crippen LogP contribution in [0.5, 0.6) is 0 Å². The molecule has 0 N–H and O–H groups in total. The summed E-state index contributed by atoms with van der Waals surface area (Å²) in [7, 11) is -3.58. The normalized spacial score (nSPS) is 18.4. The Bertz CT molecular complexity index is 1010. The van der Waals surface area contributed by atoms with E-state index in [1.165, 1.54) is 28.1 Å². The van der Waals surface area contributed by atoms with Crippen LogP contribution in [0.25, 0.3) is 0 Å². The van der Waals surface area contributed by atoms with Gasteiger partial charge in [-0.1, -0.05) is 41.9 Å². The maximum atomic E-state index is 13.1. The van der Waals surface area contributed by atoms with Gasteiger partial charge in [-0.05, 0) is 68.2 Å². The Hall–Kier alpha value is -1.89. The molecule has 0 aliphatic carbocycles.